The number of rotatable bonds is 8. The summed E-state index contributed by atoms with van der Waals surface area (Å²) in [5.41, 5.74) is 2.13. The van der Waals surface area contributed by atoms with Gasteiger partial charge in [0.1, 0.15) is 17.6 Å². The van der Waals surface area contributed by atoms with Gasteiger partial charge in [0.05, 0.1) is 25.7 Å². The largest absolute Gasteiger partial charge is 0.497 e. The zero-order chi connectivity index (χ0) is 20.5. The topological polar surface area (TPSA) is 67.8 Å². The molecule has 0 bridgehead atoms. The molecule has 6 heteroatoms. The van der Waals surface area contributed by atoms with E-state index in [1.54, 1.807) is 7.11 Å². The predicted molar refractivity (Wildman–Crippen MR) is 118 cm³/mol. The van der Waals surface area contributed by atoms with Gasteiger partial charge in [0, 0.05) is 18.1 Å². The predicted octanol–water partition coefficient (Wildman–Crippen LogP) is 3.77. The number of pyridine rings is 1. The van der Waals surface area contributed by atoms with Crippen molar-refractivity contribution in [2.75, 3.05) is 20.2 Å². The minimum Gasteiger partial charge on any atom is -0.497 e. The fourth-order valence-electron chi connectivity index (χ4n) is 2.97. The van der Waals surface area contributed by atoms with Gasteiger partial charge in [-0.2, -0.15) is 0 Å². The van der Waals surface area contributed by atoms with Gasteiger partial charge in [-0.25, -0.2) is 4.99 Å². The molecule has 0 fully saturated rings. The summed E-state index contributed by atoms with van der Waals surface area (Å²) < 4.78 is 11.1. The van der Waals surface area contributed by atoms with Crippen LogP contribution in [0.25, 0.3) is 10.9 Å². The molecule has 0 radical (unpaired) electrons. The Morgan fingerprint density at radius 2 is 1.79 bits per heavy atom. The van der Waals surface area contributed by atoms with Gasteiger partial charge in [-0.15, -0.1) is 0 Å². The van der Waals surface area contributed by atoms with E-state index >= 15 is 0 Å². The first-order valence-corrected chi connectivity index (χ1v) is 9.85. The lowest BCUT2D eigenvalue weighted by Crippen LogP contribution is -2.41. The number of guanidine groups is 1. The van der Waals surface area contributed by atoms with Gasteiger partial charge in [-0.3, -0.25) is 4.98 Å². The van der Waals surface area contributed by atoms with E-state index in [0.717, 1.165) is 40.5 Å². The van der Waals surface area contributed by atoms with Crippen molar-refractivity contribution in [3.63, 3.8) is 0 Å². The molecule has 3 aromatic rings. The number of nitrogens with zero attached hydrogens (tertiary/aromatic N) is 2. The molecule has 3 rings (SSSR count). The monoisotopic (exact) mass is 392 g/mol. The molecule has 152 valence electrons. The van der Waals surface area contributed by atoms with Crippen LogP contribution in [0.1, 0.15) is 19.4 Å². The molecule has 0 amide bonds. The number of aromatic nitrogens is 1. The molecular formula is C23H28N4O2. The first-order chi connectivity index (χ1) is 14.2. The number of hydrogen-bond donors (Lipinski definition) is 2. The molecule has 2 aromatic carbocycles. The second-order valence-corrected chi connectivity index (χ2v) is 6.67. The quantitative estimate of drug-likeness (QED) is 0.451. The van der Waals surface area contributed by atoms with E-state index in [0.29, 0.717) is 13.1 Å². The third kappa shape index (κ3) is 5.85. The minimum atomic E-state index is -0.0194. The summed E-state index contributed by atoms with van der Waals surface area (Å²) in [6.45, 7) is 6.07. The Kier molecular flexibility index (Phi) is 7.28. The van der Waals surface area contributed by atoms with Crippen molar-refractivity contribution in [3.05, 3.63) is 66.4 Å². The van der Waals surface area contributed by atoms with E-state index < -0.39 is 0 Å². The molecule has 1 unspecified atom stereocenters. The average molecular weight is 393 g/mol. The van der Waals surface area contributed by atoms with Crippen LogP contribution in [0.4, 0.5) is 0 Å². The Hall–Kier alpha value is -3.28. The number of nitrogens with one attached hydrogen (secondary N) is 2. The second-order valence-electron chi connectivity index (χ2n) is 6.67. The lowest BCUT2D eigenvalue weighted by molar-refractivity contribution is 0.223. The molecule has 1 atom stereocenters. The van der Waals surface area contributed by atoms with Gasteiger partial charge in [-0.05, 0) is 55.8 Å². The highest BCUT2D eigenvalue weighted by molar-refractivity contribution is 5.83. The minimum absolute atomic E-state index is 0.0194. The Labute approximate surface area is 172 Å². The SMILES string of the molecule is CCNC(=NCc1ccnc2ccccc12)NCC(C)Oc1ccc(OC)cc1. The summed E-state index contributed by atoms with van der Waals surface area (Å²) in [5, 5.41) is 7.77. The maximum atomic E-state index is 5.95. The van der Waals surface area contributed by atoms with Crippen LogP contribution < -0.4 is 20.1 Å². The fraction of sp³-hybridized carbons (Fsp3) is 0.304. The summed E-state index contributed by atoms with van der Waals surface area (Å²) in [6, 6.07) is 17.7. The number of para-hydroxylation sites is 1. The van der Waals surface area contributed by atoms with E-state index in [1.807, 2.05) is 61.7 Å². The van der Waals surface area contributed by atoms with Crippen molar-refractivity contribution in [2.24, 2.45) is 4.99 Å². The number of aliphatic imine (C=N–C) groups is 1. The van der Waals surface area contributed by atoms with E-state index in [-0.39, 0.29) is 6.10 Å². The van der Waals surface area contributed by atoms with Crippen LogP contribution in [0.5, 0.6) is 11.5 Å². The van der Waals surface area contributed by atoms with Gasteiger partial charge in [0.15, 0.2) is 5.96 Å². The van der Waals surface area contributed by atoms with Crippen molar-refractivity contribution < 1.29 is 9.47 Å². The van der Waals surface area contributed by atoms with Crippen LogP contribution in [0.3, 0.4) is 0 Å². The lowest BCUT2D eigenvalue weighted by Gasteiger charge is -2.18. The highest BCUT2D eigenvalue weighted by Gasteiger charge is 2.07. The highest BCUT2D eigenvalue weighted by atomic mass is 16.5. The highest BCUT2D eigenvalue weighted by Crippen LogP contribution is 2.18. The van der Waals surface area contributed by atoms with Crippen molar-refractivity contribution >= 4 is 16.9 Å². The van der Waals surface area contributed by atoms with Crippen LogP contribution >= 0.6 is 0 Å². The molecule has 2 N–H and O–H groups in total. The van der Waals surface area contributed by atoms with Gasteiger partial charge in [0.2, 0.25) is 0 Å². The molecule has 0 saturated carbocycles. The Balaban J connectivity index is 1.59. The lowest BCUT2D eigenvalue weighted by atomic mass is 10.1. The fourth-order valence-corrected chi connectivity index (χ4v) is 2.97. The summed E-state index contributed by atoms with van der Waals surface area (Å²) in [7, 11) is 1.65. The molecule has 0 saturated heterocycles. The first kappa shape index (κ1) is 20.5. The smallest absolute Gasteiger partial charge is 0.191 e. The average Bonchev–Trinajstić information content (AvgIpc) is 2.76. The number of fused-ring (bicyclic) bond motifs is 1. The molecule has 1 aromatic heterocycles. The third-order valence-corrected chi connectivity index (χ3v) is 4.44. The number of methoxy groups -OCH3 is 1. The molecule has 29 heavy (non-hydrogen) atoms. The molecule has 0 aliphatic rings. The number of benzene rings is 2. The summed E-state index contributed by atoms with van der Waals surface area (Å²) in [4.78, 5) is 9.14. The van der Waals surface area contributed by atoms with Crippen molar-refractivity contribution in [3.8, 4) is 11.5 Å². The van der Waals surface area contributed by atoms with Crippen LogP contribution in [-0.4, -0.2) is 37.2 Å². The van der Waals surface area contributed by atoms with Crippen LogP contribution in [0.15, 0.2) is 65.8 Å². The zero-order valence-corrected chi connectivity index (χ0v) is 17.2. The van der Waals surface area contributed by atoms with E-state index in [2.05, 4.69) is 28.6 Å². The molecular weight excluding hydrogens is 364 g/mol. The van der Waals surface area contributed by atoms with Crippen molar-refractivity contribution in [1.82, 2.24) is 15.6 Å². The summed E-state index contributed by atoms with van der Waals surface area (Å²) in [5.74, 6) is 2.39. The Morgan fingerprint density at radius 1 is 1.03 bits per heavy atom. The van der Waals surface area contributed by atoms with Gasteiger partial charge in [-0.1, -0.05) is 18.2 Å². The van der Waals surface area contributed by atoms with E-state index in [1.165, 1.54) is 0 Å². The first-order valence-electron chi connectivity index (χ1n) is 9.85. The van der Waals surface area contributed by atoms with Gasteiger partial charge in [0.25, 0.3) is 0 Å². The summed E-state index contributed by atoms with van der Waals surface area (Å²) in [6.07, 6.45) is 1.81. The molecule has 0 aliphatic carbocycles. The second kappa shape index (κ2) is 10.3. The van der Waals surface area contributed by atoms with Crippen LogP contribution in [0, 0.1) is 0 Å². The Morgan fingerprint density at radius 3 is 2.55 bits per heavy atom. The van der Waals surface area contributed by atoms with Crippen LogP contribution in [-0.2, 0) is 6.54 Å². The van der Waals surface area contributed by atoms with Gasteiger partial charge >= 0.3 is 0 Å². The van der Waals surface area contributed by atoms with E-state index in [9.17, 15) is 0 Å². The van der Waals surface area contributed by atoms with Crippen LogP contribution in [0.2, 0.25) is 0 Å². The standard InChI is InChI=1S/C23H28N4O2/c1-4-24-23(26-15-17(2)29-20-11-9-19(28-3)10-12-20)27-16-18-13-14-25-22-8-6-5-7-21(18)22/h5-14,17H,4,15-16H2,1-3H3,(H2,24,26,27). The van der Waals surface area contributed by atoms with Gasteiger partial charge < -0.3 is 20.1 Å². The molecule has 1 heterocycles. The maximum Gasteiger partial charge on any atom is 0.191 e. The van der Waals surface area contributed by atoms with E-state index in [4.69, 9.17) is 14.5 Å². The van der Waals surface area contributed by atoms with Crippen molar-refractivity contribution in [2.45, 2.75) is 26.5 Å². The normalized spacial score (nSPS) is 12.4. The molecule has 0 aliphatic heterocycles. The zero-order valence-electron chi connectivity index (χ0n) is 17.2. The molecule has 6 nitrogen and oxygen atoms in total. The number of hydrogen-bond acceptors (Lipinski definition) is 4. The molecule has 0 spiro atoms. The summed E-state index contributed by atoms with van der Waals surface area (Å²) >= 11 is 0. The number of ether oxygens (including phenoxy) is 2. The maximum absolute atomic E-state index is 5.95. The Bertz CT molecular complexity index is 936. The third-order valence-electron chi connectivity index (χ3n) is 4.44. The van der Waals surface area contributed by atoms with Crippen molar-refractivity contribution in [1.29, 1.82) is 0 Å².